The summed E-state index contributed by atoms with van der Waals surface area (Å²) in [4.78, 5) is 0. The van der Waals surface area contributed by atoms with Crippen LogP contribution in [0.2, 0.25) is 12.1 Å². The third-order valence-electron chi connectivity index (χ3n) is 4.06. The van der Waals surface area contributed by atoms with Gasteiger partial charge in [-0.1, -0.05) is 0 Å². The standard InChI is InChI=1S/C9H18BN/c1-10-9-3-6-11(2,7-4-9)8-5-9/h3-8H2,1-2H3. The highest BCUT2D eigenvalue weighted by Gasteiger charge is 2.38. The van der Waals surface area contributed by atoms with Gasteiger partial charge in [-0.2, -0.15) is 0 Å². The molecule has 1 nitrogen and oxygen atoms in total. The summed E-state index contributed by atoms with van der Waals surface area (Å²) in [6, 6.07) is 0. The highest BCUT2D eigenvalue weighted by molar-refractivity contribution is 6.38. The largest absolute Gasteiger partial charge is 0.331 e. The molecule has 3 heterocycles. The third kappa shape index (κ3) is 1.12. The molecule has 3 saturated heterocycles. The van der Waals surface area contributed by atoms with Crippen molar-refractivity contribution in [3.8, 4) is 0 Å². The number of hydrogen-bond acceptors (Lipinski definition) is 0. The summed E-state index contributed by atoms with van der Waals surface area (Å²) in [7, 11) is 4.88. The molecule has 11 heavy (non-hydrogen) atoms. The summed E-state index contributed by atoms with van der Waals surface area (Å²) in [5.74, 6) is 0. The van der Waals surface area contributed by atoms with Gasteiger partial charge in [-0.25, -0.2) is 5.31 Å². The molecule has 0 aromatic heterocycles. The van der Waals surface area contributed by atoms with Crippen LogP contribution in [0.3, 0.4) is 0 Å². The molecule has 2 bridgehead atoms. The lowest BCUT2D eigenvalue weighted by Gasteiger charge is -2.59. The maximum absolute atomic E-state index is 2.47. The molecule has 2 heteroatoms. The average Bonchev–Trinajstić information content (AvgIpc) is 2.07. The van der Waals surface area contributed by atoms with Gasteiger partial charge in [0.15, 0.2) is 0 Å². The van der Waals surface area contributed by atoms with E-state index in [1.165, 1.54) is 43.4 Å². The number of hydrogen-bond donors (Lipinski definition) is 0. The van der Waals surface area contributed by atoms with Crippen molar-refractivity contribution < 1.29 is 4.48 Å². The van der Waals surface area contributed by atoms with Crippen LogP contribution in [0.1, 0.15) is 19.3 Å². The van der Waals surface area contributed by atoms with Crippen LogP contribution >= 0.6 is 0 Å². The first-order chi connectivity index (χ1) is 5.18. The van der Waals surface area contributed by atoms with Crippen molar-refractivity contribution >= 4 is 7.28 Å². The highest BCUT2D eigenvalue weighted by atomic mass is 15.3. The van der Waals surface area contributed by atoms with Gasteiger partial charge >= 0.3 is 0 Å². The second-order valence-corrected chi connectivity index (χ2v) is 4.69. The third-order valence-corrected chi connectivity index (χ3v) is 4.06. The topological polar surface area (TPSA) is 0 Å². The lowest BCUT2D eigenvalue weighted by molar-refractivity contribution is -0.923. The van der Waals surface area contributed by atoms with Crippen molar-refractivity contribution in [2.75, 3.05) is 26.7 Å². The number of quaternary nitrogens is 1. The van der Waals surface area contributed by atoms with Crippen molar-refractivity contribution in [1.29, 1.82) is 0 Å². The first-order valence-electron chi connectivity index (χ1n) is 4.82. The fourth-order valence-electron chi connectivity index (χ4n) is 2.62. The monoisotopic (exact) mass is 151 g/mol. The summed E-state index contributed by atoms with van der Waals surface area (Å²) in [5, 5.41) is 0.663. The van der Waals surface area contributed by atoms with Crippen LogP contribution in [0.15, 0.2) is 0 Å². The molecule has 0 aliphatic carbocycles. The Labute approximate surface area is 70.6 Å². The van der Waals surface area contributed by atoms with Crippen LogP contribution in [0.4, 0.5) is 0 Å². The first kappa shape index (κ1) is 7.66. The van der Waals surface area contributed by atoms with Crippen LogP contribution in [0.25, 0.3) is 0 Å². The van der Waals surface area contributed by atoms with Crippen LogP contribution in [0, 0.1) is 0 Å². The van der Waals surface area contributed by atoms with Gasteiger partial charge in [-0.3, -0.25) is 6.82 Å². The predicted molar refractivity (Wildman–Crippen MR) is 48.9 cm³/mol. The lowest BCUT2D eigenvalue weighted by Crippen LogP contribution is -2.58. The van der Waals surface area contributed by atoms with E-state index in [1.54, 1.807) is 0 Å². The molecule has 0 amide bonds. The Kier molecular flexibility index (Phi) is 1.57. The Bertz CT molecular complexity index is 142. The van der Waals surface area contributed by atoms with Gasteiger partial charge in [-0.05, 0) is 19.3 Å². The van der Waals surface area contributed by atoms with Gasteiger partial charge in [0, 0.05) is 0 Å². The maximum Gasteiger partial charge on any atom is 0.0756 e. The Balaban J connectivity index is 2.12. The molecule has 3 aliphatic rings. The van der Waals surface area contributed by atoms with E-state index in [0.717, 1.165) is 0 Å². The molecular formula is C9H18BN. The molecule has 0 saturated carbocycles. The summed E-state index contributed by atoms with van der Waals surface area (Å²) >= 11 is 0. The zero-order chi connectivity index (χ0) is 7.95. The van der Waals surface area contributed by atoms with Crippen molar-refractivity contribution in [1.82, 2.24) is 0 Å². The zero-order valence-electron chi connectivity index (χ0n) is 7.77. The average molecular weight is 151 g/mol. The Morgan fingerprint density at radius 3 is 1.91 bits per heavy atom. The van der Waals surface area contributed by atoms with Gasteiger partial charge in [0.1, 0.15) is 0 Å². The van der Waals surface area contributed by atoms with Crippen LogP contribution in [-0.4, -0.2) is 38.4 Å². The minimum absolute atomic E-state index is 0.663. The van der Waals surface area contributed by atoms with E-state index < -0.39 is 0 Å². The Morgan fingerprint density at radius 1 is 1.09 bits per heavy atom. The Morgan fingerprint density at radius 2 is 1.55 bits per heavy atom. The van der Waals surface area contributed by atoms with E-state index in [9.17, 15) is 0 Å². The number of rotatable bonds is 1. The molecule has 3 rings (SSSR count). The number of nitrogens with zero attached hydrogens (tertiary/aromatic N) is 1. The van der Waals surface area contributed by atoms with Gasteiger partial charge in [0.25, 0.3) is 0 Å². The summed E-state index contributed by atoms with van der Waals surface area (Å²) < 4.78 is 1.36. The maximum atomic E-state index is 2.47. The number of fused-ring (bicyclic) bond motifs is 3. The van der Waals surface area contributed by atoms with Gasteiger partial charge in [-0.15, -0.1) is 0 Å². The predicted octanol–water partition coefficient (Wildman–Crippen LogP) is 1.54. The van der Waals surface area contributed by atoms with Crippen molar-refractivity contribution in [3.63, 3.8) is 0 Å². The van der Waals surface area contributed by atoms with E-state index in [0.29, 0.717) is 5.31 Å². The Hall–Kier alpha value is 0.0249. The van der Waals surface area contributed by atoms with E-state index in [1.807, 2.05) is 0 Å². The van der Waals surface area contributed by atoms with Crippen molar-refractivity contribution in [2.24, 2.45) is 0 Å². The van der Waals surface area contributed by atoms with Crippen LogP contribution in [0.5, 0.6) is 0 Å². The summed E-state index contributed by atoms with van der Waals surface area (Å²) in [5.41, 5.74) is 0. The lowest BCUT2D eigenvalue weighted by atomic mass is 9.47. The molecule has 0 aromatic rings. The SMILES string of the molecule is C[B-]C12CC[N+](C)(CC1)CC2. The van der Waals surface area contributed by atoms with E-state index in [2.05, 4.69) is 21.2 Å². The summed E-state index contributed by atoms with van der Waals surface area (Å²) in [6.45, 7) is 6.51. The quantitative estimate of drug-likeness (QED) is 0.394. The molecule has 0 unspecified atom stereocenters. The van der Waals surface area contributed by atoms with E-state index in [4.69, 9.17) is 0 Å². The van der Waals surface area contributed by atoms with Crippen LogP contribution in [-0.2, 0) is 0 Å². The molecule has 3 aliphatic heterocycles. The fraction of sp³-hybridized carbons (Fsp3) is 1.00. The van der Waals surface area contributed by atoms with Crippen LogP contribution < -0.4 is 0 Å². The molecule has 2 radical (unpaired) electrons. The second kappa shape index (κ2) is 2.26. The zero-order valence-corrected chi connectivity index (χ0v) is 7.77. The molecule has 0 spiro atoms. The normalized spacial score (nSPS) is 49.6. The van der Waals surface area contributed by atoms with Crippen molar-refractivity contribution in [3.05, 3.63) is 0 Å². The molecule has 0 aromatic carbocycles. The molecular weight excluding hydrogens is 133 g/mol. The minimum Gasteiger partial charge on any atom is -0.331 e. The summed E-state index contributed by atoms with van der Waals surface area (Å²) in [6.07, 6.45) is 4.33. The fourth-order valence-corrected chi connectivity index (χ4v) is 2.62. The van der Waals surface area contributed by atoms with Gasteiger partial charge in [0.2, 0.25) is 0 Å². The molecule has 0 N–H and O–H groups in total. The first-order valence-corrected chi connectivity index (χ1v) is 4.82. The van der Waals surface area contributed by atoms with Crippen molar-refractivity contribution in [2.45, 2.75) is 31.4 Å². The van der Waals surface area contributed by atoms with Gasteiger partial charge < -0.3 is 11.8 Å². The smallest absolute Gasteiger partial charge is 0.0756 e. The van der Waals surface area contributed by atoms with E-state index >= 15 is 0 Å². The van der Waals surface area contributed by atoms with Gasteiger partial charge in [0.05, 0.1) is 26.7 Å². The van der Waals surface area contributed by atoms with E-state index in [-0.39, 0.29) is 0 Å². The second-order valence-electron chi connectivity index (χ2n) is 4.69. The molecule has 3 fully saturated rings. The molecule has 62 valence electrons. The molecule has 0 atom stereocenters. The minimum atomic E-state index is 0.663. The number of piperidine rings is 3. The highest BCUT2D eigenvalue weighted by Crippen LogP contribution is 2.48.